The summed E-state index contributed by atoms with van der Waals surface area (Å²) in [6.07, 6.45) is 8.38. The normalized spacial score (nSPS) is 19.2. The van der Waals surface area contributed by atoms with Crippen LogP contribution in [0.25, 0.3) is 0 Å². The summed E-state index contributed by atoms with van der Waals surface area (Å²) in [6, 6.07) is 6.89. The van der Waals surface area contributed by atoms with Crippen molar-refractivity contribution < 1.29 is 0 Å². The van der Waals surface area contributed by atoms with Crippen molar-refractivity contribution in [3.63, 3.8) is 0 Å². The van der Waals surface area contributed by atoms with Gasteiger partial charge in [-0.3, -0.25) is 0 Å². The average Bonchev–Trinajstić information content (AvgIpc) is 2.63. The molecule has 1 unspecified atom stereocenters. The smallest absolute Gasteiger partial charge is 0.0771 e. The monoisotopic (exact) mass is 256 g/mol. The van der Waals surface area contributed by atoms with Crippen molar-refractivity contribution in [3.05, 3.63) is 58.3 Å². The number of hydrogen-bond acceptors (Lipinski definition) is 0. The Labute approximate surface area is 112 Å². The van der Waals surface area contributed by atoms with E-state index in [9.17, 15) is 0 Å². The van der Waals surface area contributed by atoms with Crippen molar-refractivity contribution in [2.75, 3.05) is 0 Å². The van der Waals surface area contributed by atoms with Crippen molar-refractivity contribution in [2.24, 2.45) is 5.92 Å². The first-order chi connectivity index (χ1) is 8.34. The fraction of sp³-hybridized carbons (Fsp3) is 0.412. The maximum absolute atomic E-state index is 2.49. The zero-order chi connectivity index (χ0) is 13.3. The number of allylic oxidation sites excluding steroid dienone is 4. The molecule has 0 aliphatic heterocycles. The molecule has 0 spiro atoms. The number of rotatable bonds is 3. The largest absolute Gasteiger partial charge is 0.0780 e. The lowest BCUT2D eigenvalue weighted by Crippen LogP contribution is -2.22. The molecule has 0 heterocycles. The van der Waals surface area contributed by atoms with E-state index in [1.165, 1.54) is 16.7 Å². The molecule has 96 valence electrons. The summed E-state index contributed by atoms with van der Waals surface area (Å²) in [7, 11) is -1.13. The molecule has 0 radical (unpaired) electrons. The van der Waals surface area contributed by atoms with Gasteiger partial charge in [-0.05, 0) is 31.7 Å². The first-order valence-corrected chi connectivity index (χ1v) is 10.3. The second-order valence-corrected chi connectivity index (χ2v) is 11.7. The van der Waals surface area contributed by atoms with Gasteiger partial charge in [0.05, 0.1) is 8.07 Å². The van der Waals surface area contributed by atoms with E-state index in [0.717, 1.165) is 6.42 Å². The molecule has 0 aromatic heterocycles. The SMILES string of the molecule is Cc1cc(C)cc(CC2C=CC([Si](C)(C)C)=C2)c1. The maximum Gasteiger partial charge on any atom is 0.0771 e. The van der Waals surface area contributed by atoms with Gasteiger partial charge in [0.15, 0.2) is 0 Å². The van der Waals surface area contributed by atoms with Gasteiger partial charge in [-0.25, -0.2) is 0 Å². The van der Waals surface area contributed by atoms with Gasteiger partial charge >= 0.3 is 0 Å². The molecular formula is C17H24Si. The molecule has 0 saturated heterocycles. The lowest BCUT2D eigenvalue weighted by atomic mass is 9.98. The van der Waals surface area contributed by atoms with Crippen LogP contribution in [-0.2, 0) is 6.42 Å². The van der Waals surface area contributed by atoms with Crippen LogP contribution in [0, 0.1) is 19.8 Å². The second kappa shape index (κ2) is 4.89. The minimum atomic E-state index is -1.13. The number of benzene rings is 1. The summed E-state index contributed by atoms with van der Waals surface area (Å²) in [5.41, 5.74) is 4.22. The van der Waals surface area contributed by atoms with Gasteiger partial charge in [-0.1, -0.05) is 72.4 Å². The number of aryl methyl sites for hydroxylation is 2. The Balaban J connectivity index is 2.13. The Morgan fingerprint density at radius 1 is 1.00 bits per heavy atom. The molecule has 1 heteroatoms. The van der Waals surface area contributed by atoms with E-state index in [1.807, 2.05) is 0 Å². The molecule has 0 N–H and O–H groups in total. The van der Waals surface area contributed by atoms with Crippen LogP contribution in [0.2, 0.25) is 19.6 Å². The van der Waals surface area contributed by atoms with E-state index in [-0.39, 0.29) is 0 Å². The van der Waals surface area contributed by atoms with Crippen molar-refractivity contribution >= 4 is 8.07 Å². The predicted molar refractivity (Wildman–Crippen MR) is 83.7 cm³/mol. The third kappa shape index (κ3) is 3.23. The van der Waals surface area contributed by atoms with Crippen LogP contribution in [0.3, 0.4) is 0 Å². The van der Waals surface area contributed by atoms with Crippen LogP contribution in [0.4, 0.5) is 0 Å². The number of hydrogen-bond donors (Lipinski definition) is 0. The molecule has 0 saturated carbocycles. The lowest BCUT2D eigenvalue weighted by molar-refractivity contribution is 0.813. The van der Waals surface area contributed by atoms with E-state index in [1.54, 1.807) is 5.20 Å². The summed E-state index contributed by atoms with van der Waals surface area (Å²) >= 11 is 0. The molecule has 0 amide bonds. The average molecular weight is 256 g/mol. The third-order valence-corrected chi connectivity index (χ3v) is 5.60. The van der Waals surface area contributed by atoms with Gasteiger partial charge in [0.25, 0.3) is 0 Å². The summed E-state index contributed by atoms with van der Waals surface area (Å²) in [5, 5.41) is 1.61. The van der Waals surface area contributed by atoms with Crippen LogP contribution in [0.1, 0.15) is 16.7 Å². The first-order valence-electron chi connectivity index (χ1n) is 6.82. The molecule has 1 aromatic rings. The molecule has 0 bridgehead atoms. The molecule has 1 aliphatic rings. The van der Waals surface area contributed by atoms with Crippen molar-refractivity contribution in [2.45, 2.75) is 39.9 Å². The van der Waals surface area contributed by atoms with Gasteiger partial charge < -0.3 is 0 Å². The van der Waals surface area contributed by atoms with E-state index in [2.05, 4.69) is 69.9 Å². The van der Waals surface area contributed by atoms with Gasteiger partial charge in [0.2, 0.25) is 0 Å². The highest BCUT2D eigenvalue weighted by Gasteiger charge is 2.22. The Kier molecular flexibility index (Phi) is 3.63. The highest BCUT2D eigenvalue weighted by atomic mass is 28.3. The molecule has 0 nitrogen and oxygen atoms in total. The third-order valence-electron chi connectivity index (χ3n) is 3.54. The van der Waals surface area contributed by atoms with Crippen LogP contribution in [-0.4, -0.2) is 8.07 Å². The molecule has 0 fully saturated rings. The second-order valence-electron chi connectivity index (χ2n) is 6.60. The zero-order valence-electron chi connectivity index (χ0n) is 12.2. The van der Waals surface area contributed by atoms with Crippen LogP contribution >= 0.6 is 0 Å². The Morgan fingerprint density at radius 3 is 2.11 bits per heavy atom. The van der Waals surface area contributed by atoms with Gasteiger partial charge in [0.1, 0.15) is 0 Å². The fourth-order valence-electron chi connectivity index (χ4n) is 2.65. The van der Waals surface area contributed by atoms with Crippen LogP contribution in [0.15, 0.2) is 41.6 Å². The Bertz CT molecular complexity index is 481. The highest BCUT2D eigenvalue weighted by Crippen LogP contribution is 2.27. The molecule has 1 aliphatic carbocycles. The van der Waals surface area contributed by atoms with Crippen molar-refractivity contribution in [1.29, 1.82) is 0 Å². The first kappa shape index (κ1) is 13.4. The van der Waals surface area contributed by atoms with Gasteiger partial charge in [-0.2, -0.15) is 0 Å². The van der Waals surface area contributed by atoms with Crippen molar-refractivity contribution in [3.8, 4) is 0 Å². The van der Waals surface area contributed by atoms with Gasteiger partial charge in [-0.15, -0.1) is 0 Å². The van der Waals surface area contributed by atoms with E-state index in [0.29, 0.717) is 5.92 Å². The van der Waals surface area contributed by atoms with Crippen LogP contribution < -0.4 is 0 Å². The standard InChI is InChI=1S/C17H24Si/c1-13-8-14(2)10-16(9-13)11-15-6-7-17(12-15)18(3,4)5/h6-10,12,15H,11H2,1-5H3. The minimum absolute atomic E-state index is 0.605. The topological polar surface area (TPSA) is 0 Å². The minimum Gasteiger partial charge on any atom is -0.0780 e. The van der Waals surface area contributed by atoms with Crippen molar-refractivity contribution in [1.82, 2.24) is 0 Å². The Morgan fingerprint density at radius 2 is 1.61 bits per heavy atom. The van der Waals surface area contributed by atoms with E-state index in [4.69, 9.17) is 0 Å². The summed E-state index contributed by atoms with van der Waals surface area (Å²) < 4.78 is 0. The predicted octanol–water partition coefficient (Wildman–Crippen LogP) is 4.84. The fourth-order valence-corrected chi connectivity index (χ4v) is 3.97. The maximum atomic E-state index is 2.49. The summed E-state index contributed by atoms with van der Waals surface area (Å²) in [4.78, 5) is 0. The molecule has 1 atom stereocenters. The molecule has 18 heavy (non-hydrogen) atoms. The highest BCUT2D eigenvalue weighted by molar-refractivity contribution is 6.83. The molecular weight excluding hydrogens is 232 g/mol. The summed E-state index contributed by atoms with van der Waals surface area (Å²) in [6.45, 7) is 11.6. The summed E-state index contributed by atoms with van der Waals surface area (Å²) in [5.74, 6) is 0.605. The quantitative estimate of drug-likeness (QED) is 0.679. The zero-order valence-corrected chi connectivity index (χ0v) is 13.2. The van der Waals surface area contributed by atoms with E-state index < -0.39 is 8.07 Å². The van der Waals surface area contributed by atoms with Crippen LogP contribution in [0.5, 0.6) is 0 Å². The van der Waals surface area contributed by atoms with Gasteiger partial charge in [0, 0.05) is 0 Å². The molecule has 1 aromatic carbocycles. The Hall–Kier alpha value is -1.08. The molecule has 2 rings (SSSR count). The van der Waals surface area contributed by atoms with E-state index >= 15 is 0 Å². The lowest BCUT2D eigenvalue weighted by Gasteiger charge is -2.16.